The molecule has 86 valence electrons. The van der Waals surface area contributed by atoms with Crippen molar-refractivity contribution in [3.8, 4) is 0 Å². The molecule has 1 aliphatic rings. The van der Waals surface area contributed by atoms with Crippen LogP contribution in [0.25, 0.3) is 0 Å². The lowest BCUT2D eigenvalue weighted by molar-refractivity contribution is 0.149. The van der Waals surface area contributed by atoms with Crippen molar-refractivity contribution in [2.24, 2.45) is 0 Å². The number of carbonyl (C=O) groups is 1. The predicted octanol–water partition coefficient (Wildman–Crippen LogP) is 2.73. The Morgan fingerprint density at radius 3 is 2.56 bits per heavy atom. The fourth-order valence-corrected chi connectivity index (χ4v) is 1.94. The topological polar surface area (TPSA) is 29.5 Å². The summed E-state index contributed by atoms with van der Waals surface area (Å²) in [7, 11) is 0. The average molecular weight is 223 g/mol. The first-order valence-electron chi connectivity index (χ1n) is 5.30. The lowest BCUT2D eigenvalue weighted by Gasteiger charge is -2.25. The molecular formula is C12H14FNO2. The van der Waals surface area contributed by atoms with Crippen LogP contribution < -0.4 is 0 Å². The molecule has 1 fully saturated rings. The Morgan fingerprint density at radius 1 is 1.38 bits per heavy atom. The Kier molecular flexibility index (Phi) is 2.81. The molecule has 0 aliphatic carbocycles. The van der Waals surface area contributed by atoms with Crippen molar-refractivity contribution in [3.05, 3.63) is 35.6 Å². The third-order valence-electron chi connectivity index (χ3n) is 2.72. The lowest BCUT2D eigenvalue weighted by atomic mass is 10.1. The minimum atomic E-state index is -0.302. The Labute approximate surface area is 93.8 Å². The summed E-state index contributed by atoms with van der Waals surface area (Å²) < 4.78 is 17.8. The molecule has 1 heterocycles. The largest absolute Gasteiger partial charge is 0.447 e. The molecule has 1 atom stereocenters. The van der Waals surface area contributed by atoms with E-state index in [2.05, 4.69) is 0 Å². The summed E-state index contributed by atoms with van der Waals surface area (Å²) in [5, 5.41) is 0. The van der Waals surface area contributed by atoms with Crippen LogP contribution in [0.2, 0.25) is 0 Å². The standard InChI is InChI=1S/C12H14FNO2/c1-8(2)14-11(7-16-12(14)15)9-3-5-10(13)6-4-9/h3-6,8,11H,7H2,1-2H3. The Balaban J connectivity index is 2.26. The molecule has 4 heteroatoms. The molecule has 0 radical (unpaired) electrons. The number of nitrogens with zero attached hydrogens (tertiary/aromatic N) is 1. The maximum atomic E-state index is 12.8. The molecule has 1 aliphatic heterocycles. The number of ether oxygens (including phenoxy) is 1. The minimum Gasteiger partial charge on any atom is -0.447 e. The second kappa shape index (κ2) is 4.12. The molecule has 1 unspecified atom stereocenters. The van der Waals surface area contributed by atoms with Crippen molar-refractivity contribution in [1.29, 1.82) is 0 Å². The second-order valence-electron chi connectivity index (χ2n) is 4.15. The number of hydrogen-bond donors (Lipinski definition) is 0. The number of rotatable bonds is 2. The van der Waals surface area contributed by atoms with Crippen molar-refractivity contribution in [3.63, 3.8) is 0 Å². The van der Waals surface area contributed by atoms with Gasteiger partial charge in [-0.3, -0.25) is 4.90 Å². The van der Waals surface area contributed by atoms with Crippen LogP contribution in [0.1, 0.15) is 25.5 Å². The fourth-order valence-electron chi connectivity index (χ4n) is 1.94. The van der Waals surface area contributed by atoms with Gasteiger partial charge in [-0.1, -0.05) is 12.1 Å². The normalized spacial score (nSPS) is 20.4. The number of amides is 1. The Morgan fingerprint density at radius 2 is 2.00 bits per heavy atom. The zero-order chi connectivity index (χ0) is 11.7. The molecule has 0 spiro atoms. The Bertz CT molecular complexity index is 389. The first-order valence-corrected chi connectivity index (χ1v) is 5.30. The fraction of sp³-hybridized carbons (Fsp3) is 0.417. The van der Waals surface area contributed by atoms with Gasteiger partial charge < -0.3 is 4.74 Å². The molecule has 1 aromatic carbocycles. The first-order chi connectivity index (χ1) is 7.59. The van der Waals surface area contributed by atoms with Crippen LogP contribution in [-0.2, 0) is 4.74 Å². The van der Waals surface area contributed by atoms with E-state index in [-0.39, 0.29) is 24.0 Å². The van der Waals surface area contributed by atoms with E-state index in [0.29, 0.717) is 6.61 Å². The minimum absolute atomic E-state index is 0.0741. The highest BCUT2D eigenvalue weighted by atomic mass is 19.1. The van der Waals surface area contributed by atoms with Crippen LogP contribution in [-0.4, -0.2) is 23.6 Å². The van der Waals surface area contributed by atoms with Gasteiger partial charge in [0.25, 0.3) is 0 Å². The number of cyclic esters (lactones) is 1. The smallest absolute Gasteiger partial charge is 0.410 e. The van der Waals surface area contributed by atoms with E-state index >= 15 is 0 Å². The van der Waals surface area contributed by atoms with Gasteiger partial charge in [0.2, 0.25) is 0 Å². The molecule has 1 amide bonds. The van der Waals surface area contributed by atoms with Gasteiger partial charge in [0.15, 0.2) is 0 Å². The van der Waals surface area contributed by atoms with E-state index in [1.165, 1.54) is 12.1 Å². The second-order valence-corrected chi connectivity index (χ2v) is 4.15. The highest BCUT2D eigenvalue weighted by Gasteiger charge is 2.35. The van der Waals surface area contributed by atoms with E-state index in [4.69, 9.17) is 4.74 Å². The average Bonchev–Trinajstić information content (AvgIpc) is 2.61. The van der Waals surface area contributed by atoms with Gasteiger partial charge in [0, 0.05) is 6.04 Å². The molecule has 1 aromatic rings. The highest BCUT2D eigenvalue weighted by molar-refractivity contribution is 5.70. The van der Waals surface area contributed by atoms with E-state index < -0.39 is 0 Å². The third-order valence-corrected chi connectivity index (χ3v) is 2.72. The van der Waals surface area contributed by atoms with Gasteiger partial charge in [-0.15, -0.1) is 0 Å². The number of carbonyl (C=O) groups excluding carboxylic acids is 1. The predicted molar refractivity (Wildman–Crippen MR) is 57.5 cm³/mol. The summed E-state index contributed by atoms with van der Waals surface area (Å²) in [6.07, 6.45) is -0.302. The van der Waals surface area contributed by atoms with Crippen LogP contribution in [0.3, 0.4) is 0 Å². The van der Waals surface area contributed by atoms with E-state index in [1.807, 2.05) is 13.8 Å². The molecule has 0 aromatic heterocycles. The summed E-state index contributed by atoms with van der Waals surface area (Å²) in [6, 6.07) is 6.15. The molecule has 16 heavy (non-hydrogen) atoms. The molecular weight excluding hydrogens is 209 g/mol. The molecule has 2 rings (SSSR count). The van der Waals surface area contributed by atoms with Crippen molar-refractivity contribution in [1.82, 2.24) is 4.90 Å². The molecule has 1 saturated heterocycles. The molecule has 3 nitrogen and oxygen atoms in total. The van der Waals surface area contributed by atoms with Crippen molar-refractivity contribution in [2.45, 2.75) is 25.9 Å². The summed E-state index contributed by atoms with van der Waals surface area (Å²) in [6.45, 7) is 4.20. The summed E-state index contributed by atoms with van der Waals surface area (Å²) in [5.74, 6) is -0.273. The highest BCUT2D eigenvalue weighted by Crippen LogP contribution is 2.29. The summed E-state index contributed by atoms with van der Waals surface area (Å²) >= 11 is 0. The van der Waals surface area contributed by atoms with Crippen molar-refractivity contribution < 1.29 is 13.9 Å². The van der Waals surface area contributed by atoms with Crippen LogP contribution in [0, 0.1) is 5.82 Å². The monoisotopic (exact) mass is 223 g/mol. The van der Waals surface area contributed by atoms with Gasteiger partial charge in [-0.05, 0) is 31.5 Å². The van der Waals surface area contributed by atoms with E-state index in [1.54, 1.807) is 17.0 Å². The Hall–Kier alpha value is -1.58. The van der Waals surface area contributed by atoms with Crippen LogP contribution in [0.15, 0.2) is 24.3 Å². The maximum absolute atomic E-state index is 12.8. The zero-order valence-electron chi connectivity index (χ0n) is 9.31. The van der Waals surface area contributed by atoms with Crippen LogP contribution in [0.5, 0.6) is 0 Å². The van der Waals surface area contributed by atoms with E-state index in [0.717, 1.165) is 5.56 Å². The van der Waals surface area contributed by atoms with Crippen LogP contribution >= 0.6 is 0 Å². The van der Waals surface area contributed by atoms with Crippen molar-refractivity contribution >= 4 is 6.09 Å². The quantitative estimate of drug-likeness (QED) is 0.771. The molecule has 0 bridgehead atoms. The third kappa shape index (κ3) is 1.87. The van der Waals surface area contributed by atoms with Crippen LogP contribution in [0.4, 0.5) is 9.18 Å². The summed E-state index contributed by atoms with van der Waals surface area (Å²) in [5.41, 5.74) is 0.904. The SMILES string of the molecule is CC(C)N1C(=O)OCC1c1ccc(F)cc1. The van der Waals surface area contributed by atoms with Gasteiger partial charge in [0.1, 0.15) is 12.4 Å². The zero-order valence-corrected chi connectivity index (χ0v) is 9.31. The molecule has 0 saturated carbocycles. The number of benzene rings is 1. The van der Waals surface area contributed by atoms with Gasteiger partial charge >= 0.3 is 6.09 Å². The number of hydrogen-bond acceptors (Lipinski definition) is 2. The van der Waals surface area contributed by atoms with E-state index in [9.17, 15) is 9.18 Å². The lowest BCUT2D eigenvalue weighted by Crippen LogP contribution is -2.33. The number of halogens is 1. The van der Waals surface area contributed by atoms with Gasteiger partial charge in [-0.25, -0.2) is 9.18 Å². The summed E-state index contributed by atoms with van der Waals surface area (Å²) in [4.78, 5) is 13.2. The maximum Gasteiger partial charge on any atom is 0.410 e. The molecule has 0 N–H and O–H groups in total. The van der Waals surface area contributed by atoms with Gasteiger partial charge in [0.05, 0.1) is 6.04 Å². The van der Waals surface area contributed by atoms with Crippen molar-refractivity contribution in [2.75, 3.05) is 6.61 Å². The van der Waals surface area contributed by atoms with Gasteiger partial charge in [-0.2, -0.15) is 0 Å². The first kappa shape index (κ1) is 10.9.